The van der Waals surface area contributed by atoms with Gasteiger partial charge >= 0.3 is 0 Å². The third-order valence-corrected chi connectivity index (χ3v) is 3.33. The van der Waals surface area contributed by atoms with Crippen LogP contribution in [0.5, 0.6) is 5.75 Å². The van der Waals surface area contributed by atoms with Crippen molar-refractivity contribution < 1.29 is 9.13 Å². The van der Waals surface area contributed by atoms with Gasteiger partial charge in [-0.25, -0.2) is 4.39 Å². The SMILES string of the molecule is COc1ccc(C)cc1C(C)Nc1ccc(F)cc1C#N. The fourth-order valence-electron chi connectivity index (χ4n) is 2.24. The first-order valence-electron chi connectivity index (χ1n) is 6.66. The Morgan fingerprint density at radius 2 is 2.00 bits per heavy atom. The lowest BCUT2D eigenvalue weighted by Gasteiger charge is -2.19. The molecule has 108 valence electrons. The molecule has 0 amide bonds. The Labute approximate surface area is 124 Å². The van der Waals surface area contributed by atoms with Gasteiger partial charge in [0.25, 0.3) is 0 Å². The van der Waals surface area contributed by atoms with E-state index in [1.54, 1.807) is 13.2 Å². The molecule has 2 aromatic rings. The number of nitrogens with zero attached hydrogens (tertiary/aromatic N) is 1. The van der Waals surface area contributed by atoms with Crippen molar-refractivity contribution in [3.63, 3.8) is 0 Å². The molecule has 2 aromatic carbocycles. The van der Waals surface area contributed by atoms with Crippen LogP contribution in [0.25, 0.3) is 0 Å². The van der Waals surface area contributed by atoms with Crippen molar-refractivity contribution in [1.29, 1.82) is 5.26 Å². The van der Waals surface area contributed by atoms with Crippen LogP contribution in [0.15, 0.2) is 36.4 Å². The lowest BCUT2D eigenvalue weighted by molar-refractivity contribution is 0.408. The lowest BCUT2D eigenvalue weighted by Crippen LogP contribution is -2.09. The number of methoxy groups -OCH3 is 1. The van der Waals surface area contributed by atoms with Crippen LogP contribution < -0.4 is 10.1 Å². The van der Waals surface area contributed by atoms with Gasteiger partial charge in [0.05, 0.1) is 24.4 Å². The van der Waals surface area contributed by atoms with Crippen LogP contribution in [-0.2, 0) is 0 Å². The van der Waals surface area contributed by atoms with Gasteiger partial charge in [0.15, 0.2) is 0 Å². The van der Waals surface area contributed by atoms with E-state index >= 15 is 0 Å². The zero-order chi connectivity index (χ0) is 15.4. The predicted molar refractivity (Wildman–Crippen MR) is 80.9 cm³/mol. The minimum absolute atomic E-state index is 0.0718. The van der Waals surface area contributed by atoms with Crippen molar-refractivity contribution in [2.75, 3.05) is 12.4 Å². The van der Waals surface area contributed by atoms with Gasteiger partial charge in [0.2, 0.25) is 0 Å². The molecule has 0 bridgehead atoms. The summed E-state index contributed by atoms with van der Waals surface area (Å²) in [6, 6.07) is 12.0. The van der Waals surface area contributed by atoms with Crippen molar-refractivity contribution in [2.24, 2.45) is 0 Å². The lowest BCUT2D eigenvalue weighted by atomic mass is 10.0. The summed E-state index contributed by atoms with van der Waals surface area (Å²) in [6.45, 7) is 3.98. The quantitative estimate of drug-likeness (QED) is 0.915. The molecule has 0 saturated heterocycles. The van der Waals surface area contributed by atoms with E-state index in [0.29, 0.717) is 5.69 Å². The molecular weight excluding hydrogens is 267 g/mol. The molecule has 0 saturated carbocycles. The number of aryl methyl sites for hydroxylation is 1. The maximum absolute atomic E-state index is 13.2. The fraction of sp³-hybridized carbons (Fsp3) is 0.235. The van der Waals surface area contributed by atoms with E-state index in [4.69, 9.17) is 10.00 Å². The van der Waals surface area contributed by atoms with Crippen molar-refractivity contribution in [2.45, 2.75) is 19.9 Å². The van der Waals surface area contributed by atoms with Gasteiger partial charge in [0.1, 0.15) is 17.6 Å². The predicted octanol–water partition coefficient (Wildman–Crippen LogP) is 4.19. The monoisotopic (exact) mass is 284 g/mol. The van der Waals surface area contributed by atoms with Crippen LogP contribution in [0, 0.1) is 24.1 Å². The molecule has 0 aliphatic heterocycles. The Morgan fingerprint density at radius 1 is 1.24 bits per heavy atom. The minimum Gasteiger partial charge on any atom is -0.496 e. The Morgan fingerprint density at radius 3 is 2.67 bits per heavy atom. The van der Waals surface area contributed by atoms with E-state index in [0.717, 1.165) is 16.9 Å². The number of anilines is 1. The summed E-state index contributed by atoms with van der Waals surface area (Å²) in [5.74, 6) is 0.360. The molecule has 0 spiro atoms. The highest BCUT2D eigenvalue weighted by molar-refractivity contribution is 5.59. The number of ether oxygens (including phenoxy) is 1. The van der Waals surface area contributed by atoms with Crippen molar-refractivity contribution >= 4 is 5.69 Å². The molecule has 2 rings (SSSR count). The zero-order valence-electron chi connectivity index (χ0n) is 12.3. The van der Waals surface area contributed by atoms with E-state index in [9.17, 15) is 4.39 Å². The van der Waals surface area contributed by atoms with Gasteiger partial charge in [-0.1, -0.05) is 17.7 Å². The Hall–Kier alpha value is -2.54. The van der Waals surface area contributed by atoms with Crippen LogP contribution in [0.4, 0.5) is 10.1 Å². The van der Waals surface area contributed by atoms with Crippen LogP contribution in [0.2, 0.25) is 0 Å². The van der Waals surface area contributed by atoms with Crippen molar-refractivity contribution in [1.82, 2.24) is 0 Å². The molecule has 3 nitrogen and oxygen atoms in total. The molecule has 0 fully saturated rings. The number of halogens is 1. The highest BCUT2D eigenvalue weighted by Gasteiger charge is 2.13. The number of nitriles is 1. The first-order chi connectivity index (χ1) is 10.0. The summed E-state index contributed by atoms with van der Waals surface area (Å²) >= 11 is 0. The second kappa shape index (κ2) is 6.27. The molecule has 4 heteroatoms. The number of rotatable bonds is 4. The maximum Gasteiger partial charge on any atom is 0.124 e. The van der Waals surface area contributed by atoms with E-state index in [-0.39, 0.29) is 11.6 Å². The molecule has 21 heavy (non-hydrogen) atoms. The summed E-state index contributed by atoms with van der Waals surface area (Å²) in [5, 5.41) is 12.3. The largest absolute Gasteiger partial charge is 0.496 e. The van der Waals surface area contributed by atoms with E-state index in [2.05, 4.69) is 5.32 Å². The van der Waals surface area contributed by atoms with Crippen molar-refractivity contribution in [3.05, 3.63) is 58.9 Å². The van der Waals surface area contributed by atoms with Crippen LogP contribution >= 0.6 is 0 Å². The van der Waals surface area contributed by atoms with Gasteiger partial charge in [0, 0.05) is 5.56 Å². The summed E-state index contributed by atoms with van der Waals surface area (Å²) in [4.78, 5) is 0. The standard InChI is InChI=1S/C17H17FN2O/c1-11-4-7-17(21-3)15(8-11)12(2)20-16-6-5-14(18)9-13(16)10-19/h4-9,12,20H,1-3H3. The molecule has 0 aromatic heterocycles. The topological polar surface area (TPSA) is 45.0 Å². The normalized spacial score (nSPS) is 11.6. The molecule has 0 heterocycles. The van der Waals surface area contributed by atoms with Crippen LogP contribution in [0.1, 0.15) is 29.7 Å². The molecule has 0 aliphatic rings. The summed E-state index contributed by atoms with van der Waals surface area (Å²) in [5.41, 5.74) is 3.01. The van der Waals surface area contributed by atoms with Gasteiger partial charge < -0.3 is 10.1 Å². The Kier molecular flexibility index (Phi) is 4.44. The second-order valence-corrected chi connectivity index (χ2v) is 4.91. The fourth-order valence-corrected chi connectivity index (χ4v) is 2.24. The molecule has 1 N–H and O–H groups in total. The number of benzene rings is 2. The second-order valence-electron chi connectivity index (χ2n) is 4.91. The first-order valence-corrected chi connectivity index (χ1v) is 6.66. The van der Waals surface area contributed by atoms with E-state index < -0.39 is 5.82 Å². The van der Waals surface area contributed by atoms with Crippen LogP contribution in [0.3, 0.4) is 0 Å². The Bertz CT molecular complexity index is 692. The molecule has 1 unspecified atom stereocenters. The number of hydrogen-bond donors (Lipinski definition) is 1. The average Bonchev–Trinajstić information content (AvgIpc) is 2.48. The van der Waals surface area contributed by atoms with Crippen molar-refractivity contribution in [3.8, 4) is 11.8 Å². The summed E-state index contributed by atoms with van der Waals surface area (Å²) in [7, 11) is 1.62. The van der Waals surface area contributed by atoms with E-state index in [1.807, 2.05) is 38.1 Å². The van der Waals surface area contributed by atoms with Gasteiger partial charge in [-0.05, 0) is 38.1 Å². The Balaban J connectivity index is 2.32. The first kappa shape index (κ1) is 14.9. The van der Waals surface area contributed by atoms with E-state index in [1.165, 1.54) is 12.1 Å². The van der Waals surface area contributed by atoms with Gasteiger partial charge in [-0.3, -0.25) is 0 Å². The van der Waals surface area contributed by atoms with Crippen LogP contribution in [-0.4, -0.2) is 7.11 Å². The molecular formula is C17H17FN2O. The third kappa shape index (κ3) is 3.32. The number of nitrogens with one attached hydrogen (secondary N) is 1. The number of hydrogen-bond acceptors (Lipinski definition) is 3. The highest BCUT2D eigenvalue weighted by Crippen LogP contribution is 2.29. The summed E-state index contributed by atoms with van der Waals surface area (Å²) in [6.07, 6.45) is 0. The zero-order valence-corrected chi connectivity index (χ0v) is 12.3. The highest BCUT2D eigenvalue weighted by atomic mass is 19.1. The maximum atomic E-state index is 13.2. The smallest absolute Gasteiger partial charge is 0.124 e. The van der Waals surface area contributed by atoms with Gasteiger partial charge in [-0.15, -0.1) is 0 Å². The molecule has 0 aliphatic carbocycles. The molecule has 0 radical (unpaired) electrons. The minimum atomic E-state index is -0.419. The molecule has 1 atom stereocenters. The summed E-state index contributed by atoms with van der Waals surface area (Å²) < 4.78 is 18.5. The third-order valence-electron chi connectivity index (χ3n) is 3.33. The van der Waals surface area contributed by atoms with Gasteiger partial charge in [-0.2, -0.15) is 5.26 Å². The average molecular weight is 284 g/mol.